The Balaban J connectivity index is 1.57. The third-order valence-electron chi connectivity index (χ3n) is 4.19. The number of aryl methyl sites for hydroxylation is 1. The molecule has 0 bridgehead atoms. The van der Waals surface area contributed by atoms with Gasteiger partial charge >= 0.3 is 0 Å². The van der Waals surface area contributed by atoms with Crippen molar-refractivity contribution in [2.75, 3.05) is 32.8 Å². The van der Waals surface area contributed by atoms with E-state index in [9.17, 15) is 4.79 Å². The molecular formula is C18H23N3O2. The number of aromatic nitrogens is 2. The highest BCUT2D eigenvalue weighted by Gasteiger charge is 2.10. The average Bonchev–Trinajstić information content (AvgIpc) is 2.61. The van der Waals surface area contributed by atoms with Crippen molar-refractivity contribution in [3.8, 4) is 11.1 Å². The molecule has 2 aromatic rings. The van der Waals surface area contributed by atoms with Crippen LogP contribution in [0.25, 0.3) is 11.1 Å². The minimum atomic E-state index is -0.00919. The van der Waals surface area contributed by atoms with Crippen molar-refractivity contribution in [1.82, 2.24) is 14.7 Å². The topological polar surface area (TPSA) is 47.4 Å². The number of morpholine rings is 1. The van der Waals surface area contributed by atoms with Gasteiger partial charge in [-0.3, -0.25) is 9.69 Å². The number of unbranched alkanes of at least 4 members (excludes halogenated alkanes) is 1. The van der Waals surface area contributed by atoms with Crippen LogP contribution in [0.2, 0.25) is 0 Å². The maximum atomic E-state index is 12.5. The van der Waals surface area contributed by atoms with Gasteiger partial charge in [-0.1, -0.05) is 30.3 Å². The highest BCUT2D eigenvalue weighted by atomic mass is 16.5. The van der Waals surface area contributed by atoms with Crippen molar-refractivity contribution in [3.63, 3.8) is 0 Å². The first kappa shape index (κ1) is 15.9. The zero-order chi connectivity index (χ0) is 15.9. The Morgan fingerprint density at radius 1 is 1.00 bits per heavy atom. The van der Waals surface area contributed by atoms with E-state index in [4.69, 9.17) is 4.74 Å². The van der Waals surface area contributed by atoms with Crippen LogP contribution in [0.5, 0.6) is 0 Å². The Morgan fingerprint density at radius 2 is 1.74 bits per heavy atom. The summed E-state index contributed by atoms with van der Waals surface area (Å²) in [6.07, 6.45) is 3.75. The van der Waals surface area contributed by atoms with E-state index in [2.05, 4.69) is 10.00 Å². The molecule has 5 nitrogen and oxygen atoms in total. The molecular weight excluding hydrogens is 290 g/mol. The molecule has 0 aliphatic carbocycles. The zero-order valence-corrected chi connectivity index (χ0v) is 13.4. The molecule has 1 saturated heterocycles. The summed E-state index contributed by atoms with van der Waals surface area (Å²) in [5.74, 6) is 0. The minimum absolute atomic E-state index is 0.00919. The van der Waals surface area contributed by atoms with Gasteiger partial charge in [0.2, 0.25) is 0 Å². The predicted molar refractivity (Wildman–Crippen MR) is 90.4 cm³/mol. The summed E-state index contributed by atoms with van der Waals surface area (Å²) in [6.45, 7) is 5.43. The van der Waals surface area contributed by atoms with E-state index in [0.717, 1.165) is 51.3 Å². The fourth-order valence-corrected chi connectivity index (χ4v) is 2.87. The van der Waals surface area contributed by atoms with Crippen LogP contribution in [-0.2, 0) is 11.3 Å². The maximum absolute atomic E-state index is 12.5. The van der Waals surface area contributed by atoms with E-state index >= 15 is 0 Å². The summed E-state index contributed by atoms with van der Waals surface area (Å²) >= 11 is 0. The fourth-order valence-electron chi connectivity index (χ4n) is 2.87. The predicted octanol–water partition coefficient (Wildman–Crippen LogP) is 2.02. The van der Waals surface area contributed by atoms with Gasteiger partial charge in [0.15, 0.2) is 0 Å². The normalized spacial score (nSPS) is 15.7. The average molecular weight is 313 g/mol. The van der Waals surface area contributed by atoms with Gasteiger partial charge in [-0.05, 0) is 31.0 Å². The molecule has 0 atom stereocenters. The highest BCUT2D eigenvalue weighted by Crippen LogP contribution is 2.13. The van der Waals surface area contributed by atoms with E-state index < -0.39 is 0 Å². The van der Waals surface area contributed by atoms with Gasteiger partial charge in [0.25, 0.3) is 5.56 Å². The van der Waals surface area contributed by atoms with Crippen molar-refractivity contribution < 1.29 is 4.74 Å². The molecule has 0 unspecified atom stereocenters. The lowest BCUT2D eigenvalue weighted by molar-refractivity contribution is 0.0370. The molecule has 1 aliphatic rings. The minimum Gasteiger partial charge on any atom is -0.379 e. The van der Waals surface area contributed by atoms with Crippen LogP contribution in [0.1, 0.15) is 12.8 Å². The highest BCUT2D eigenvalue weighted by molar-refractivity contribution is 5.61. The molecule has 23 heavy (non-hydrogen) atoms. The number of hydrogen-bond acceptors (Lipinski definition) is 4. The molecule has 1 fully saturated rings. The SMILES string of the molecule is O=c1c(-c2ccccc2)ccnn1CCCCN1CCOCC1. The second-order valence-corrected chi connectivity index (χ2v) is 5.80. The fraction of sp³-hybridized carbons (Fsp3) is 0.444. The van der Waals surface area contributed by atoms with Gasteiger partial charge in [-0.15, -0.1) is 0 Å². The van der Waals surface area contributed by atoms with Crippen LogP contribution in [0.3, 0.4) is 0 Å². The lowest BCUT2D eigenvalue weighted by atomic mass is 10.1. The Morgan fingerprint density at radius 3 is 2.52 bits per heavy atom. The number of rotatable bonds is 6. The van der Waals surface area contributed by atoms with Gasteiger partial charge in [0.1, 0.15) is 0 Å². The summed E-state index contributed by atoms with van der Waals surface area (Å²) in [5, 5.41) is 4.22. The van der Waals surface area contributed by atoms with Crippen LogP contribution < -0.4 is 5.56 Å². The molecule has 0 spiro atoms. The van der Waals surface area contributed by atoms with Crippen LogP contribution in [0.4, 0.5) is 0 Å². The lowest BCUT2D eigenvalue weighted by Gasteiger charge is -2.26. The van der Waals surface area contributed by atoms with Crippen LogP contribution in [-0.4, -0.2) is 47.5 Å². The summed E-state index contributed by atoms with van der Waals surface area (Å²) in [6, 6.07) is 11.6. The molecule has 1 aromatic heterocycles. The zero-order valence-electron chi connectivity index (χ0n) is 13.4. The second-order valence-electron chi connectivity index (χ2n) is 5.80. The van der Waals surface area contributed by atoms with Crippen molar-refractivity contribution in [2.45, 2.75) is 19.4 Å². The quantitative estimate of drug-likeness (QED) is 0.766. The molecule has 5 heteroatoms. The number of nitrogens with zero attached hydrogens (tertiary/aromatic N) is 3. The van der Waals surface area contributed by atoms with Crippen molar-refractivity contribution in [2.24, 2.45) is 0 Å². The van der Waals surface area contributed by atoms with Crippen LogP contribution >= 0.6 is 0 Å². The first-order valence-electron chi connectivity index (χ1n) is 8.26. The van der Waals surface area contributed by atoms with Gasteiger partial charge in [-0.2, -0.15) is 5.10 Å². The maximum Gasteiger partial charge on any atom is 0.274 e. The number of hydrogen-bond donors (Lipinski definition) is 0. The molecule has 0 N–H and O–H groups in total. The smallest absolute Gasteiger partial charge is 0.274 e. The largest absolute Gasteiger partial charge is 0.379 e. The standard InChI is InChI=1S/C18H23N3O2/c22-18-17(16-6-2-1-3-7-16)8-9-19-21(18)11-5-4-10-20-12-14-23-15-13-20/h1-3,6-9H,4-5,10-15H2. The molecule has 3 rings (SSSR count). The van der Waals surface area contributed by atoms with E-state index in [-0.39, 0.29) is 5.56 Å². The first-order chi connectivity index (χ1) is 11.3. The summed E-state index contributed by atoms with van der Waals surface area (Å²) < 4.78 is 6.93. The third-order valence-corrected chi connectivity index (χ3v) is 4.19. The summed E-state index contributed by atoms with van der Waals surface area (Å²) in [5.41, 5.74) is 1.65. The van der Waals surface area contributed by atoms with Crippen molar-refractivity contribution >= 4 is 0 Å². The first-order valence-corrected chi connectivity index (χ1v) is 8.26. The summed E-state index contributed by atoms with van der Waals surface area (Å²) in [7, 11) is 0. The Kier molecular flexibility index (Phi) is 5.56. The molecule has 2 heterocycles. The van der Waals surface area contributed by atoms with E-state index in [0.29, 0.717) is 12.1 Å². The van der Waals surface area contributed by atoms with Crippen LogP contribution in [0, 0.1) is 0 Å². The lowest BCUT2D eigenvalue weighted by Crippen LogP contribution is -2.37. The second kappa shape index (κ2) is 8.04. The van der Waals surface area contributed by atoms with Gasteiger partial charge in [-0.25, -0.2) is 4.68 Å². The van der Waals surface area contributed by atoms with E-state index in [1.807, 2.05) is 30.3 Å². The van der Waals surface area contributed by atoms with Crippen LogP contribution in [0.15, 0.2) is 47.4 Å². The molecule has 0 saturated carbocycles. The van der Waals surface area contributed by atoms with E-state index in [1.54, 1.807) is 16.9 Å². The molecule has 0 radical (unpaired) electrons. The molecule has 0 amide bonds. The van der Waals surface area contributed by atoms with Gasteiger partial charge in [0, 0.05) is 25.8 Å². The number of benzene rings is 1. The summed E-state index contributed by atoms with van der Waals surface area (Å²) in [4.78, 5) is 15.0. The Bertz CT molecular complexity index is 663. The van der Waals surface area contributed by atoms with Crippen molar-refractivity contribution in [1.29, 1.82) is 0 Å². The van der Waals surface area contributed by atoms with E-state index in [1.165, 1.54) is 0 Å². The molecule has 1 aromatic carbocycles. The Hall–Kier alpha value is -1.98. The third kappa shape index (κ3) is 4.27. The van der Waals surface area contributed by atoms with Gasteiger partial charge in [0.05, 0.1) is 18.8 Å². The van der Waals surface area contributed by atoms with Crippen molar-refractivity contribution in [3.05, 3.63) is 52.9 Å². The van der Waals surface area contributed by atoms with Gasteiger partial charge < -0.3 is 4.74 Å². The monoisotopic (exact) mass is 313 g/mol. The number of ether oxygens (including phenoxy) is 1. The molecule has 1 aliphatic heterocycles. The Labute approximate surface area is 136 Å². The molecule has 122 valence electrons.